The zero-order valence-electron chi connectivity index (χ0n) is 9.07. The van der Waals surface area contributed by atoms with Gasteiger partial charge < -0.3 is 15.6 Å². The lowest BCUT2D eigenvalue weighted by molar-refractivity contribution is -0.137. The summed E-state index contributed by atoms with van der Waals surface area (Å²) < 4.78 is 41.9. The fraction of sp³-hybridized carbons (Fsp3) is 0.455. The Morgan fingerprint density at radius 2 is 1.82 bits per heavy atom. The Hall–Kier alpha value is -1.27. The Balaban J connectivity index is 2.46. The minimum Gasteiger partial charge on any atom is -0.494 e. The molecule has 0 heterocycles. The van der Waals surface area contributed by atoms with Crippen LogP contribution in [0.4, 0.5) is 13.2 Å². The number of alkyl halides is 3. The van der Waals surface area contributed by atoms with E-state index in [-0.39, 0.29) is 19.3 Å². The molecule has 0 amide bonds. The molecule has 0 aliphatic carbocycles. The van der Waals surface area contributed by atoms with E-state index in [0.717, 1.165) is 12.1 Å². The van der Waals surface area contributed by atoms with E-state index in [4.69, 9.17) is 15.6 Å². The standard InChI is InChI=1S/C11H14F3NO2/c12-11(13,14)8-1-3-10(4-2-8)17-6-5-9(15)7-16/h1-4,9,16H,5-7,15H2. The maximum Gasteiger partial charge on any atom is 0.416 e. The van der Waals surface area contributed by atoms with Gasteiger partial charge in [0.1, 0.15) is 5.75 Å². The van der Waals surface area contributed by atoms with Crippen molar-refractivity contribution >= 4 is 0 Å². The van der Waals surface area contributed by atoms with Crippen molar-refractivity contribution in [3.63, 3.8) is 0 Å². The van der Waals surface area contributed by atoms with E-state index in [2.05, 4.69) is 0 Å². The second-order valence-corrected chi connectivity index (χ2v) is 3.60. The summed E-state index contributed by atoms with van der Waals surface area (Å²) in [7, 11) is 0. The van der Waals surface area contributed by atoms with Gasteiger partial charge in [0, 0.05) is 6.04 Å². The third-order valence-electron chi connectivity index (χ3n) is 2.17. The Bertz CT molecular complexity index is 338. The molecule has 0 fully saturated rings. The van der Waals surface area contributed by atoms with Gasteiger partial charge in [-0.05, 0) is 30.7 Å². The molecular weight excluding hydrogens is 235 g/mol. The molecule has 0 saturated heterocycles. The smallest absolute Gasteiger partial charge is 0.416 e. The van der Waals surface area contributed by atoms with E-state index in [1.807, 2.05) is 0 Å². The lowest BCUT2D eigenvalue weighted by atomic mass is 10.2. The molecule has 0 bridgehead atoms. The monoisotopic (exact) mass is 249 g/mol. The number of aliphatic hydroxyl groups is 1. The molecule has 96 valence electrons. The SMILES string of the molecule is NC(CO)CCOc1ccc(C(F)(F)F)cc1. The summed E-state index contributed by atoms with van der Waals surface area (Å²) in [5, 5.41) is 8.65. The second kappa shape index (κ2) is 5.88. The lowest BCUT2D eigenvalue weighted by Gasteiger charge is -2.11. The van der Waals surface area contributed by atoms with Crippen molar-refractivity contribution in [2.45, 2.75) is 18.6 Å². The number of nitrogens with two attached hydrogens (primary N) is 1. The van der Waals surface area contributed by atoms with Crippen LogP contribution < -0.4 is 10.5 Å². The van der Waals surface area contributed by atoms with Gasteiger partial charge in [0.25, 0.3) is 0 Å². The average molecular weight is 249 g/mol. The minimum atomic E-state index is -4.34. The molecule has 0 aromatic heterocycles. The van der Waals surface area contributed by atoms with Crippen molar-refractivity contribution in [3.8, 4) is 5.75 Å². The average Bonchev–Trinajstić information content (AvgIpc) is 2.28. The van der Waals surface area contributed by atoms with Crippen LogP contribution in [0, 0.1) is 0 Å². The van der Waals surface area contributed by atoms with E-state index in [1.54, 1.807) is 0 Å². The first-order chi connectivity index (χ1) is 7.93. The largest absolute Gasteiger partial charge is 0.494 e. The minimum absolute atomic E-state index is 0.142. The van der Waals surface area contributed by atoms with Crippen molar-refractivity contribution < 1.29 is 23.0 Å². The van der Waals surface area contributed by atoms with Gasteiger partial charge in [0.05, 0.1) is 18.8 Å². The van der Waals surface area contributed by atoms with Crippen LogP contribution in [0.25, 0.3) is 0 Å². The number of halogens is 3. The van der Waals surface area contributed by atoms with Crippen molar-refractivity contribution in [1.29, 1.82) is 0 Å². The number of aliphatic hydroxyl groups excluding tert-OH is 1. The Morgan fingerprint density at radius 3 is 2.29 bits per heavy atom. The first-order valence-corrected chi connectivity index (χ1v) is 5.10. The molecule has 0 radical (unpaired) electrons. The Kier molecular flexibility index (Phi) is 4.77. The third kappa shape index (κ3) is 4.62. The molecular formula is C11H14F3NO2. The van der Waals surface area contributed by atoms with Gasteiger partial charge in [-0.25, -0.2) is 0 Å². The topological polar surface area (TPSA) is 55.5 Å². The van der Waals surface area contributed by atoms with Crippen LogP contribution in [-0.4, -0.2) is 24.4 Å². The first-order valence-electron chi connectivity index (χ1n) is 5.10. The molecule has 17 heavy (non-hydrogen) atoms. The Labute approximate surface area is 97.0 Å². The first kappa shape index (κ1) is 13.8. The quantitative estimate of drug-likeness (QED) is 0.836. The van der Waals surface area contributed by atoms with Crippen LogP contribution in [0.3, 0.4) is 0 Å². The maximum atomic E-state index is 12.2. The van der Waals surface area contributed by atoms with Crippen LogP contribution in [0.15, 0.2) is 24.3 Å². The molecule has 3 nitrogen and oxygen atoms in total. The Morgan fingerprint density at radius 1 is 1.24 bits per heavy atom. The van der Waals surface area contributed by atoms with Gasteiger partial charge in [-0.1, -0.05) is 0 Å². The molecule has 1 unspecified atom stereocenters. The van der Waals surface area contributed by atoms with Crippen LogP contribution in [0.2, 0.25) is 0 Å². The summed E-state index contributed by atoms with van der Waals surface area (Å²) in [5.74, 6) is 0.350. The number of rotatable bonds is 5. The predicted molar refractivity (Wildman–Crippen MR) is 56.6 cm³/mol. The van der Waals surface area contributed by atoms with Crippen molar-refractivity contribution in [2.24, 2.45) is 5.73 Å². The van der Waals surface area contributed by atoms with Gasteiger partial charge in [-0.15, -0.1) is 0 Å². The molecule has 1 rings (SSSR count). The third-order valence-corrected chi connectivity index (χ3v) is 2.17. The highest BCUT2D eigenvalue weighted by molar-refractivity contribution is 5.28. The maximum absolute atomic E-state index is 12.2. The predicted octanol–water partition coefficient (Wildman–Crippen LogP) is 1.79. The molecule has 1 atom stereocenters. The lowest BCUT2D eigenvalue weighted by Crippen LogP contribution is -2.26. The number of benzene rings is 1. The summed E-state index contributed by atoms with van der Waals surface area (Å²) in [6.45, 7) is 0.115. The molecule has 1 aromatic rings. The molecule has 0 aliphatic heterocycles. The number of hydrogen-bond acceptors (Lipinski definition) is 3. The number of hydrogen-bond donors (Lipinski definition) is 2. The van der Waals surface area contributed by atoms with E-state index >= 15 is 0 Å². The van der Waals surface area contributed by atoms with Gasteiger partial charge in [0.15, 0.2) is 0 Å². The van der Waals surface area contributed by atoms with Crippen molar-refractivity contribution in [3.05, 3.63) is 29.8 Å². The highest BCUT2D eigenvalue weighted by Crippen LogP contribution is 2.30. The van der Waals surface area contributed by atoms with E-state index in [0.29, 0.717) is 12.2 Å². The summed E-state index contributed by atoms with van der Waals surface area (Å²) in [6, 6.07) is 4.06. The fourth-order valence-corrected chi connectivity index (χ4v) is 1.16. The normalized spacial score (nSPS) is 13.5. The van der Waals surface area contributed by atoms with E-state index < -0.39 is 11.7 Å². The fourth-order valence-electron chi connectivity index (χ4n) is 1.16. The van der Waals surface area contributed by atoms with Crippen LogP contribution in [0.5, 0.6) is 5.75 Å². The molecule has 1 aromatic carbocycles. The summed E-state index contributed by atoms with van der Waals surface area (Å²) in [5.41, 5.74) is 4.73. The van der Waals surface area contributed by atoms with Crippen molar-refractivity contribution in [1.82, 2.24) is 0 Å². The molecule has 0 aliphatic rings. The summed E-state index contributed by atoms with van der Waals surface area (Å²) in [6.07, 6.45) is -3.89. The van der Waals surface area contributed by atoms with Gasteiger partial charge in [-0.2, -0.15) is 13.2 Å². The summed E-state index contributed by atoms with van der Waals surface area (Å²) >= 11 is 0. The van der Waals surface area contributed by atoms with E-state index in [1.165, 1.54) is 12.1 Å². The van der Waals surface area contributed by atoms with Crippen LogP contribution in [0.1, 0.15) is 12.0 Å². The highest BCUT2D eigenvalue weighted by Gasteiger charge is 2.29. The van der Waals surface area contributed by atoms with E-state index in [9.17, 15) is 13.2 Å². The second-order valence-electron chi connectivity index (χ2n) is 3.60. The molecule has 6 heteroatoms. The molecule has 3 N–H and O–H groups in total. The van der Waals surface area contributed by atoms with Gasteiger partial charge >= 0.3 is 6.18 Å². The van der Waals surface area contributed by atoms with Crippen LogP contribution in [-0.2, 0) is 6.18 Å². The van der Waals surface area contributed by atoms with Crippen LogP contribution >= 0.6 is 0 Å². The zero-order valence-corrected chi connectivity index (χ0v) is 9.07. The number of ether oxygens (including phenoxy) is 1. The van der Waals surface area contributed by atoms with Crippen molar-refractivity contribution in [2.75, 3.05) is 13.2 Å². The zero-order chi connectivity index (χ0) is 12.9. The highest BCUT2D eigenvalue weighted by atomic mass is 19.4. The van der Waals surface area contributed by atoms with Gasteiger partial charge in [-0.3, -0.25) is 0 Å². The van der Waals surface area contributed by atoms with Gasteiger partial charge in [0.2, 0.25) is 0 Å². The molecule has 0 saturated carbocycles. The molecule has 0 spiro atoms. The summed E-state index contributed by atoms with van der Waals surface area (Å²) in [4.78, 5) is 0.